The van der Waals surface area contributed by atoms with Crippen LogP contribution in [0, 0.1) is 5.82 Å². The zero-order valence-corrected chi connectivity index (χ0v) is 13.4. The quantitative estimate of drug-likeness (QED) is 0.726. The fourth-order valence-electron chi connectivity index (χ4n) is 1.74. The zero-order chi connectivity index (χ0) is 17.6. The average Bonchev–Trinajstić information content (AvgIpc) is 2.55. The highest BCUT2D eigenvalue weighted by Gasteiger charge is 2.15. The highest BCUT2D eigenvalue weighted by molar-refractivity contribution is 7.88. The summed E-state index contributed by atoms with van der Waals surface area (Å²) in [4.78, 5) is 15.2. The number of nitrogens with zero attached hydrogens (tertiary/aromatic N) is 1. The van der Waals surface area contributed by atoms with Gasteiger partial charge in [-0.2, -0.15) is 13.1 Å². The number of nitrogens with one attached hydrogen (secondary N) is 3. The number of halogens is 1. The van der Waals surface area contributed by atoms with Crippen LogP contribution in [0.5, 0.6) is 5.75 Å². The second-order valence-electron chi connectivity index (χ2n) is 4.59. The number of methoxy groups -OCH3 is 1. The minimum Gasteiger partial charge on any atom is -0.497 e. The Bertz CT molecular complexity index is 829. The first-order valence-electron chi connectivity index (χ1n) is 6.70. The monoisotopic (exact) mass is 354 g/mol. The van der Waals surface area contributed by atoms with Crippen molar-refractivity contribution in [1.29, 1.82) is 0 Å². The van der Waals surface area contributed by atoms with Crippen LogP contribution in [0.25, 0.3) is 0 Å². The van der Waals surface area contributed by atoms with Gasteiger partial charge < -0.3 is 10.1 Å². The van der Waals surface area contributed by atoms with E-state index >= 15 is 0 Å². The molecule has 0 saturated carbocycles. The molecule has 3 N–H and O–H groups in total. The normalized spacial score (nSPS) is 10.9. The molecule has 0 spiro atoms. The van der Waals surface area contributed by atoms with Gasteiger partial charge in [-0.3, -0.25) is 4.98 Å². The Labute approximate surface area is 138 Å². The molecule has 2 aromatic rings. The number of hydrogen-bond acceptors (Lipinski definition) is 5. The van der Waals surface area contributed by atoms with Crippen LogP contribution in [0.3, 0.4) is 0 Å². The highest BCUT2D eigenvalue weighted by atomic mass is 32.2. The number of anilines is 1. The maximum atomic E-state index is 13.3. The topological polar surface area (TPSA) is 109 Å². The zero-order valence-electron chi connectivity index (χ0n) is 12.6. The van der Waals surface area contributed by atoms with E-state index < -0.39 is 22.1 Å². The Hall–Kier alpha value is -2.72. The minimum absolute atomic E-state index is 0.0522. The Balaban J connectivity index is 1.93. The van der Waals surface area contributed by atoms with E-state index in [-0.39, 0.29) is 12.2 Å². The smallest absolute Gasteiger partial charge is 0.333 e. The Morgan fingerprint density at radius 3 is 2.83 bits per heavy atom. The molecule has 2 rings (SSSR count). The predicted octanol–water partition coefficient (Wildman–Crippen LogP) is 1.39. The van der Waals surface area contributed by atoms with Gasteiger partial charge in [0.05, 0.1) is 19.0 Å². The van der Waals surface area contributed by atoms with Gasteiger partial charge in [0, 0.05) is 12.7 Å². The number of hydrogen-bond donors (Lipinski definition) is 3. The molecule has 0 aliphatic carbocycles. The lowest BCUT2D eigenvalue weighted by atomic mass is 10.2. The summed E-state index contributed by atoms with van der Waals surface area (Å²) in [7, 11) is -2.63. The first-order valence-corrected chi connectivity index (χ1v) is 8.19. The van der Waals surface area contributed by atoms with Crippen LogP contribution in [0.15, 0.2) is 42.7 Å². The van der Waals surface area contributed by atoms with Gasteiger partial charge in [-0.05, 0) is 23.8 Å². The van der Waals surface area contributed by atoms with Crippen molar-refractivity contribution in [2.75, 3.05) is 12.4 Å². The van der Waals surface area contributed by atoms with Crippen molar-refractivity contribution >= 4 is 21.9 Å². The summed E-state index contributed by atoms with van der Waals surface area (Å²) in [6.45, 7) is -0.0522. The van der Waals surface area contributed by atoms with Gasteiger partial charge in [-0.15, -0.1) is 0 Å². The lowest BCUT2D eigenvalue weighted by Crippen LogP contribution is -2.42. The molecule has 0 saturated heterocycles. The Kier molecular flexibility index (Phi) is 5.66. The molecule has 1 aromatic carbocycles. The highest BCUT2D eigenvalue weighted by Crippen LogP contribution is 2.12. The maximum Gasteiger partial charge on any atom is 0.333 e. The van der Waals surface area contributed by atoms with Crippen molar-refractivity contribution < 1.29 is 22.3 Å². The molecule has 0 bridgehead atoms. The Morgan fingerprint density at radius 2 is 2.12 bits per heavy atom. The number of carbonyl (C=O) groups is 1. The average molecular weight is 354 g/mol. The summed E-state index contributed by atoms with van der Waals surface area (Å²) in [5, 5.41) is 2.08. The standard InChI is InChI=1S/C14H15FN4O4S/c1-23-11-4-2-3-10(7-11)8-17-24(21,22)19-14(20)18-13-5-6-16-9-12(13)15/h2-7,9,17H,8H2,1H3,(H2,16,18,19,20). The molecule has 0 atom stereocenters. The number of ether oxygens (including phenoxy) is 1. The lowest BCUT2D eigenvalue weighted by molar-refractivity contribution is 0.256. The number of carbonyl (C=O) groups excluding carboxylic acids is 1. The van der Waals surface area contributed by atoms with Gasteiger partial charge in [-0.1, -0.05) is 12.1 Å². The molecular formula is C14H15FN4O4S. The molecule has 8 nitrogen and oxygen atoms in total. The third-order valence-corrected chi connectivity index (χ3v) is 3.83. The summed E-state index contributed by atoms with van der Waals surface area (Å²) in [5.41, 5.74) is 0.450. The summed E-state index contributed by atoms with van der Waals surface area (Å²) < 4.78 is 45.9. The van der Waals surface area contributed by atoms with Crippen LogP contribution < -0.4 is 19.5 Å². The van der Waals surface area contributed by atoms with Crippen LogP contribution >= 0.6 is 0 Å². The van der Waals surface area contributed by atoms with Crippen LogP contribution in [0.4, 0.5) is 14.9 Å². The van der Waals surface area contributed by atoms with Crippen molar-refractivity contribution in [1.82, 2.24) is 14.4 Å². The van der Waals surface area contributed by atoms with Crippen molar-refractivity contribution in [2.45, 2.75) is 6.54 Å². The van der Waals surface area contributed by atoms with E-state index in [0.717, 1.165) is 6.20 Å². The fraction of sp³-hybridized carbons (Fsp3) is 0.143. The molecule has 0 aliphatic rings. The summed E-state index contributed by atoms with van der Waals surface area (Å²) in [6, 6.07) is 6.86. The van der Waals surface area contributed by atoms with Crippen molar-refractivity contribution in [3.8, 4) is 5.75 Å². The minimum atomic E-state index is -4.12. The second-order valence-corrected chi connectivity index (χ2v) is 6.09. The molecule has 0 fully saturated rings. The van der Waals surface area contributed by atoms with Gasteiger partial charge in [0.15, 0.2) is 5.82 Å². The summed E-state index contributed by atoms with van der Waals surface area (Å²) >= 11 is 0. The van der Waals surface area contributed by atoms with Gasteiger partial charge in [0.1, 0.15) is 5.75 Å². The van der Waals surface area contributed by atoms with Crippen LogP contribution in [-0.4, -0.2) is 26.5 Å². The number of pyridine rings is 1. The van der Waals surface area contributed by atoms with Gasteiger partial charge in [0.25, 0.3) is 0 Å². The molecule has 10 heteroatoms. The molecular weight excluding hydrogens is 339 g/mol. The van der Waals surface area contributed by atoms with E-state index in [1.165, 1.54) is 19.4 Å². The molecule has 2 amide bonds. The lowest BCUT2D eigenvalue weighted by Gasteiger charge is -2.10. The van der Waals surface area contributed by atoms with Crippen LogP contribution in [0.2, 0.25) is 0 Å². The molecule has 0 aliphatic heterocycles. The van der Waals surface area contributed by atoms with Crippen molar-refractivity contribution in [2.24, 2.45) is 0 Å². The molecule has 0 radical (unpaired) electrons. The van der Waals surface area contributed by atoms with Gasteiger partial charge in [-0.25, -0.2) is 13.9 Å². The van der Waals surface area contributed by atoms with Crippen molar-refractivity contribution in [3.05, 3.63) is 54.1 Å². The van der Waals surface area contributed by atoms with Crippen LogP contribution in [0.1, 0.15) is 5.56 Å². The Morgan fingerprint density at radius 1 is 1.33 bits per heavy atom. The van der Waals surface area contributed by atoms with E-state index in [1.807, 2.05) is 0 Å². The third-order valence-electron chi connectivity index (χ3n) is 2.85. The number of rotatable bonds is 6. The molecule has 0 unspecified atom stereocenters. The summed E-state index contributed by atoms with van der Waals surface area (Å²) in [6.07, 6.45) is 2.15. The van der Waals surface area contributed by atoms with Gasteiger partial charge >= 0.3 is 16.2 Å². The predicted molar refractivity (Wildman–Crippen MR) is 85.1 cm³/mol. The first kappa shape index (κ1) is 17.6. The van der Waals surface area contributed by atoms with E-state index in [2.05, 4.69) is 15.0 Å². The van der Waals surface area contributed by atoms with E-state index in [1.54, 1.807) is 29.0 Å². The largest absolute Gasteiger partial charge is 0.497 e. The fourth-order valence-corrected chi connectivity index (χ4v) is 2.47. The first-order chi connectivity index (χ1) is 11.4. The number of aromatic nitrogens is 1. The number of benzene rings is 1. The number of amides is 2. The van der Waals surface area contributed by atoms with Crippen molar-refractivity contribution in [3.63, 3.8) is 0 Å². The summed E-state index contributed by atoms with van der Waals surface area (Å²) in [5.74, 6) is -0.208. The van der Waals surface area contributed by atoms with Crippen LogP contribution in [-0.2, 0) is 16.8 Å². The third kappa shape index (κ3) is 5.18. The molecule has 128 valence electrons. The van der Waals surface area contributed by atoms with E-state index in [9.17, 15) is 17.6 Å². The maximum absolute atomic E-state index is 13.3. The van der Waals surface area contributed by atoms with Gasteiger partial charge in [0.2, 0.25) is 0 Å². The van der Waals surface area contributed by atoms with E-state index in [4.69, 9.17) is 4.74 Å². The second kappa shape index (κ2) is 7.70. The SMILES string of the molecule is COc1cccc(CNS(=O)(=O)NC(=O)Nc2ccncc2F)c1. The molecule has 1 aromatic heterocycles. The molecule has 24 heavy (non-hydrogen) atoms. The number of urea groups is 1. The van der Waals surface area contributed by atoms with E-state index in [0.29, 0.717) is 11.3 Å². The molecule has 1 heterocycles.